The van der Waals surface area contributed by atoms with Gasteiger partial charge in [0.05, 0.1) is 6.04 Å². The molecule has 0 radical (unpaired) electrons. The van der Waals surface area contributed by atoms with Gasteiger partial charge in [0.1, 0.15) is 6.17 Å². The molecule has 2 rings (SSSR count). The summed E-state index contributed by atoms with van der Waals surface area (Å²) in [4.78, 5) is 14.6. The van der Waals surface area contributed by atoms with Crippen LogP contribution in [-0.4, -0.2) is 23.4 Å². The zero-order valence-corrected chi connectivity index (χ0v) is 14.0. The Bertz CT molecular complexity index is 501. The highest BCUT2D eigenvalue weighted by Gasteiger charge is 2.40. The lowest BCUT2D eigenvalue weighted by atomic mass is 10.0. The van der Waals surface area contributed by atoms with E-state index in [-0.39, 0.29) is 24.0 Å². The molecule has 0 aromatic heterocycles. The first-order chi connectivity index (χ1) is 9.90. The molecule has 0 bridgehead atoms. The standard InChI is InChI=1S/C17H25ClN2O/c1-11(2)8-9-20-16(13-6-5-7-14(18)10-13)19-15(12(3)4)17(20)21/h5-7,10-12,15-16,19H,8-9H2,1-4H3. The minimum atomic E-state index is -0.110. The average molecular weight is 309 g/mol. The molecule has 0 saturated carbocycles. The van der Waals surface area contributed by atoms with Crippen molar-refractivity contribution in [1.29, 1.82) is 0 Å². The second-order valence-electron chi connectivity index (χ2n) is 6.56. The Morgan fingerprint density at radius 1 is 1.29 bits per heavy atom. The lowest BCUT2D eigenvalue weighted by Gasteiger charge is -2.25. The molecular weight excluding hydrogens is 284 g/mol. The molecule has 2 unspecified atom stereocenters. The van der Waals surface area contributed by atoms with Crippen LogP contribution in [0, 0.1) is 11.8 Å². The molecular formula is C17H25ClN2O. The number of amides is 1. The summed E-state index contributed by atoms with van der Waals surface area (Å²) in [6.45, 7) is 9.31. The van der Waals surface area contributed by atoms with Gasteiger partial charge in [-0.2, -0.15) is 0 Å². The minimum absolute atomic E-state index is 0.0673. The number of nitrogens with one attached hydrogen (secondary N) is 1. The Kier molecular flexibility index (Phi) is 5.28. The first kappa shape index (κ1) is 16.3. The van der Waals surface area contributed by atoms with Crippen molar-refractivity contribution in [2.75, 3.05) is 6.54 Å². The summed E-state index contributed by atoms with van der Waals surface area (Å²) in [7, 11) is 0. The van der Waals surface area contributed by atoms with E-state index >= 15 is 0 Å². The van der Waals surface area contributed by atoms with Gasteiger partial charge in [-0.25, -0.2) is 0 Å². The van der Waals surface area contributed by atoms with Gasteiger partial charge in [-0.3, -0.25) is 10.1 Å². The summed E-state index contributed by atoms with van der Waals surface area (Å²) in [5.41, 5.74) is 1.06. The fourth-order valence-corrected chi connectivity index (χ4v) is 2.90. The summed E-state index contributed by atoms with van der Waals surface area (Å²) in [6.07, 6.45) is 0.942. The first-order valence-electron chi connectivity index (χ1n) is 7.72. The Morgan fingerprint density at radius 2 is 2.00 bits per heavy atom. The van der Waals surface area contributed by atoms with Gasteiger partial charge in [-0.15, -0.1) is 0 Å². The lowest BCUT2D eigenvalue weighted by Crippen LogP contribution is -2.35. The average Bonchev–Trinajstić information content (AvgIpc) is 2.73. The van der Waals surface area contributed by atoms with Crippen molar-refractivity contribution in [3.8, 4) is 0 Å². The summed E-state index contributed by atoms with van der Waals surface area (Å²) < 4.78 is 0. The van der Waals surface area contributed by atoms with Crippen molar-refractivity contribution in [2.24, 2.45) is 11.8 Å². The Hall–Kier alpha value is -1.06. The number of carbonyl (C=O) groups is 1. The van der Waals surface area contributed by atoms with E-state index < -0.39 is 0 Å². The quantitative estimate of drug-likeness (QED) is 0.896. The van der Waals surface area contributed by atoms with Crippen molar-refractivity contribution in [3.05, 3.63) is 34.9 Å². The zero-order chi connectivity index (χ0) is 15.6. The van der Waals surface area contributed by atoms with Crippen LogP contribution in [0.25, 0.3) is 0 Å². The second kappa shape index (κ2) is 6.80. The maximum Gasteiger partial charge on any atom is 0.241 e. The molecule has 3 nitrogen and oxygen atoms in total. The molecule has 1 aliphatic heterocycles. The van der Waals surface area contributed by atoms with E-state index in [1.165, 1.54) is 0 Å². The molecule has 4 heteroatoms. The number of hydrogen-bond donors (Lipinski definition) is 1. The van der Waals surface area contributed by atoms with Crippen molar-refractivity contribution in [2.45, 2.75) is 46.3 Å². The van der Waals surface area contributed by atoms with Crippen LogP contribution in [-0.2, 0) is 4.79 Å². The fraction of sp³-hybridized carbons (Fsp3) is 0.588. The number of rotatable bonds is 5. The summed E-state index contributed by atoms with van der Waals surface area (Å²) in [6, 6.07) is 7.66. The van der Waals surface area contributed by atoms with Gasteiger partial charge in [0.15, 0.2) is 0 Å². The van der Waals surface area contributed by atoms with Gasteiger partial charge in [0.2, 0.25) is 5.91 Å². The van der Waals surface area contributed by atoms with E-state index in [4.69, 9.17) is 11.6 Å². The van der Waals surface area contributed by atoms with Crippen LogP contribution in [0.15, 0.2) is 24.3 Å². The summed E-state index contributed by atoms with van der Waals surface area (Å²) >= 11 is 6.10. The monoisotopic (exact) mass is 308 g/mol. The second-order valence-corrected chi connectivity index (χ2v) is 7.00. The maximum atomic E-state index is 12.7. The van der Waals surface area contributed by atoms with E-state index in [2.05, 4.69) is 33.0 Å². The zero-order valence-electron chi connectivity index (χ0n) is 13.3. The minimum Gasteiger partial charge on any atom is -0.322 e. The highest BCUT2D eigenvalue weighted by Crippen LogP contribution is 2.29. The molecule has 1 aliphatic rings. The molecule has 1 aromatic carbocycles. The van der Waals surface area contributed by atoms with E-state index in [9.17, 15) is 4.79 Å². The molecule has 1 heterocycles. The molecule has 116 valence electrons. The van der Waals surface area contributed by atoms with Gasteiger partial charge in [0, 0.05) is 11.6 Å². The number of hydrogen-bond acceptors (Lipinski definition) is 2. The smallest absolute Gasteiger partial charge is 0.241 e. The van der Waals surface area contributed by atoms with Crippen LogP contribution >= 0.6 is 11.6 Å². The maximum absolute atomic E-state index is 12.7. The van der Waals surface area contributed by atoms with Gasteiger partial charge >= 0.3 is 0 Å². The van der Waals surface area contributed by atoms with Crippen LogP contribution in [0.1, 0.15) is 45.8 Å². The highest BCUT2D eigenvalue weighted by molar-refractivity contribution is 6.30. The number of carbonyl (C=O) groups excluding carboxylic acids is 1. The third kappa shape index (κ3) is 3.78. The number of benzene rings is 1. The van der Waals surface area contributed by atoms with Gasteiger partial charge in [0.25, 0.3) is 0 Å². The van der Waals surface area contributed by atoms with Crippen LogP contribution in [0.2, 0.25) is 5.02 Å². The van der Waals surface area contributed by atoms with Crippen molar-refractivity contribution in [3.63, 3.8) is 0 Å². The topological polar surface area (TPSA) is 32.3 Å². The third-order valence-corrected chi connectivity index (χ3v) is 4.21. The molecule has 1 aromatic rings. The van der Waals surface area contributed by atoms with Crippen molar-refractivity contribution >= 4 is 17.5 Å². The molecule has 1 amide bonds. The predicted octanol–water partition coefficient (Wildman–Crippen LogP) is 3.84. The third-order valence-electron chi connectivity index (χ3n) is 3.98. The molecule has 0 aliphatic carbocycles. The number of halogens is 1. The van der Waals surface area contributed by atoms with Crippen LogP contribution in [0.4, 0.5) is 0 Å². The highest BCUT2D eigenvalue weighted by atomic mass is 35.5. The Labute approximate surface area is 132 Å². The van der Waals surface area contributed by atoms with Crippen LogP contribution in [0.3, 0.4) is 0 Å². The first-order valence-corrected chi connectivity index (χ1v) is 8.10. The van der Waals surface area contributed by atoms with Gasteiger partial charge < -0.3 is 4.90 Å². The predicted molar refractivity (Wildman–Crippen MR) is 87.1 cm³/mol. The SMILES string of the molecule is CC(C)CCN1C(=O)C(C(C)C)NC1c1cccc(Cl)c1. The van der Waals surface area contributed by atoms with Crippen LogP contribution in [0.5, 0.6) is 0 Å². The molecule has 2 atom stereocenters. The summed E-state index contributed by atoms with van der Waals surface area (Å²) in [5, 5.41) is 4.18. The number of nitrogens with zero attached hydrogens (tertiary/aromatic N) is 1. The van der Waals surface area contributed by atoms with E-state index in [1.807, 2.05) is 29.2 Å². The van der Waals surface area contributed by atoms with E-state index in [0.29, 0.717) is 10.9 Å². The van der Waals surface area contributed by atoms with Crippen LogP contribution < -0.4 is 5.32 Å². The lowest BCUT2D eigenvalue weighted by molar-refractivity contribution is -0.131. The molecule has 0 spiro atoms. The van der Waals surface area contributed by atoms with Gasteiger partial charge in [-0.1, -0.05) is 51.4 Å². The molecule has 1 N–H and O–H groups in total. The molecule has 1 fully saturated rings. The summed E-state index contributed by atoms with van der Waals surface area (Å²) in [5.74, 6) is 1.06. The van der Waals surface area contributed by atoms with Gasteiger partial charge in [-0.05, 0) is 36.0 Å². The molecule has 21 heavy (non-hydrogen) atoms. The Morgan fingerprint density at radius 3 is 2.57 bits per heavy atom. The van der Waals surface area contributed by atoms with Crippen molar-refractivity contribution in [1.82, 2.24) is 10.2 Å². The largest absolute Gasteiger partial charge is 0.322 e. The Balaban J connectivity index is 2.25. The molecule has 1 saturated heterocycles. The fourth-order valence-electron chi connectivity index (χ4n) is 2.70. The van der Waals surface area contributed by atoms with E-state index in [0.717, 1.165) is 18.5 Å². The van der Waals surface area contributed by atoms with Crippen molar-refractivity contribution < 1.29 is 4.79 Å². The van der Waals surface area contributed by atoms with E-state index in [1.54, 1.807) is 0 Å². The normalized spacial score (nSPS) is 22.6.